The molecule has 1 N–H and O–H groups in total. The molecule has 0 amide bonds. The molecule has 0 radical (unpaired) electrons. The van der Waals surface area contributed by atoms with E-state index in [-0.39, 0.29) is 0 Å². The van der Waals surface area contributed by atoms with Gasteiger partial charge in [-0.1, -0.05) is 6.42 Å². The number of piperidine rings is 1. The fraction of sp³-hybridized carbons (Fsp3) is 0.500. The minimum Gasteiger partial charge on any atom is -0.307 e. The van der Waals surface area contributed by atoms with Crippen LogP contribution in [0.5, 0.6) is 0 Å². The zero-order valence-corrected chi connectivity index (χ0v) is 13.1. The summed E-state index contributed by atoms with van der Waals surface area (Å²) in [5.41, 5.74) is 1.08. The first-order valence-electron chi connectivity index (χ1n) is 7.86. The first-order valence-corrected chi connectivity index (χ1v) is 7.86. The lowest BCUT2D eigenvalue weighted by Gasteiger charge is -2.38. The molecule has 0 unspecified atom stereocenters. The Labute approximate surface area is 131 Å². The molecule has 3 rings (SSSR count). The van der Waals surface area contributed by atoms with E-state index >= 15 is 0 Å². The van der Waals surface area contributed by atoms with E-state index in [1.54, 1.807) is 18.6 Å². The number of likely N-dealkylation sites (tertiary alicyclic amines) is 1. The van der Waals surface area contributed by atoms with Crippen molar-refractivity contribution < 1.29 is 0 Å². The second-order valence-electron chi connectivity index (χ2n) is 5.86. The van der Waals surface area contributed by atoms with E-state index in [0.29, 0.717) is 23.8 Å². The predicted octanol–water partition coefficient (Wildman–Crippen LogP) is 2.95. The molecule has 0 spiro atoms. The molecule has 3 heterocycles. The van der Waals surface area contributed by atoms with E-state index in [1.165, 1.54) is 12.8 Å². The van der Waals surface area contributed by atoms with Gasteiger partial charge in [0.15, 0.2) is 5.82 Å². The van der Waals surface area contributed by atoms with Gasteiger partial charge in [0.25, 0.3) is 0 Å². The highest BCUT2D eigenvalue weighted by atomic mass is 15.2. The second-order valence-corrected chi connectivity index (χ2v) is 5.86. The molecule has 0 bridgehead atoms. The minimum absolute atomic E-state index is 0.374. The molecule has 2 aromatic heterocycles. The summed E-state index contributed by atoms with van der Waals surface area (Å²) in [6.07, 6.45) is 10.4. The van der Waals surface area contributed by atoms with Crippen molar-refractivity contribution in [1.82, 2.24) is 24.8 Å². The standard InChI is InChI=1S/C16H22N6/c1-12(2)22-10-4-3-5-14(22)13-6-7-19-16(20-13)21-15-11-17-8-9-18-15/h6-9,11-12,14H,3-5,10H2,1-2H3,(H,18,19,20,21)/t14-/m0/s1. The van der Waals surface area contributed by atoms with Gasteiger partial charge in [0.05, 0.1) is 17.9 Å². The molecular weight excluding hydrogens is 276 g/mol. The highest BCUT2D eigenvalue weighted by Gasteiger charge is 2.27. The SMILES string of the molecule is CC(C)N1CCCC[C@H]1c1ccnc(Nc2cnccn2)n1. The van der Waals surface area contributed by atoms with Crippen LogP contribution in [0.1, 0.15) is 44.8 Å². The smallest absolute Gasteiger partial charge is 0.228 e. The molecular formula is C16H22N6. The van der Waals surface area contributed by atoms with Crippen LogP contribution in [0.3, 0.4) is 0 Å². The van der Waals surface area contributed by atoms with Gasteiger partial charge in [-0.05, 0) is 39.3 Å². The molecule has 116 valence electrons. The minimum atomic E-state index is 0.374. The number of nitrogens with one attached hydrogen (secondary N) is 1. The van der Waals surface area contributed by atoms with Crippen molar-refractivity contribution in [2.45, 2.75) is 45.2 Å². The van der Waals surface area contributed by atoms with Crippen molar-refractivity contribution in [3.05, 3.63) is 36.5 Å². The maximum Gasteiger partial charge on any atom is 0.228 e. The number of nitrogens with zero attached hydrogens (tertiary/aromatic N) is 5. The largest absolute Gasteiger partial charge is 0.307 e. The molecule has 22 heavy (non-hydrogen) atoms. The average molecular weight is 298 g/mol. The number of hydrogen-bond acceptors (Lipinski definition) is 6. The molecule has 1 fully saturated rings. The van der Waals surface area contributed by atoms with Gasteiger partial charge in [0.1, 0.15) is 0 Å². The molecule has 6 nitrogen and oxygen atoms in total. The predicted molar refractivity (Wildman–Crippen MR) is 85.8 cm³/mol. The first kappa shape index (κ1) is 14.8. The van der Waals surface area contributed by atoms with Crippen LogP contribution in [0.15, 0.2) is 30.9 Å². The third-order valence-electron chi connectivity index (χ3n) is 4.03. The van der Waals surface area contributed by atoms with Crippen molar-refractivity contribution in [2.75, 3.05) is 11.9 Å². The van der Waals surface area contributed by atoms with E-state index < -0.39 is 0 Å². The first-order chi connectivity index (χ1) is 10.7. The number of aromatic nitrogens is 4. The van der Waals surface area contributed by atoms with E-state index in [4.69, 9.17) is 4.98 Å². The molecule has 1 saturated heterocycles. The Morgan fingerprint density at radius 3 is 2.86 bits per heavy atom. The van der Waals surface area contributed by atoms with Crippen molar-refractivity contribution in [1.29, 1.82) is 0 Å². The summed E-state index contributed by atoms with van der Waals surface area (Å²) in [5, 5.41) is 3.11. The maximum atomic E-state index is 4.69. The van der Waals surface area contributed by atoms with Gasteiger partial charge in [-0.3, -0.25) is 9.88 Å². The van der Waals surface area contributed by atoms with Gasteiger partial charge < -0.3 is 5.32 Å². The molecule has 2 aromatic rings. The molecule has 1 atom stereocenters. The molecule has 1 aliphatic rings. The topological polar surface area (TPSA) is 66.8 Å². The summed E-state index contributed by atoms with van der Waals surface area (Å²) >= 11 is 0. The highest BCUT2D eigenvalue weighted by molar-refractivity contribution is 5.45. The van der Waals surface area contributed by atoms with Crippen LogP contribution < -0.4 is 5.32 Å². The third kappa shape index (κ3) is 3.39. The van der Waals surface area contributed by atoms with Crippen LogP contribution >= 0.6 is 0 Å². The van der Waals surface area contributed by atoms with E-state index in [2.05, 4.69) is 39.0 Å². The zero-order chi connectivity index (χ0) is 15.4. The lowest BCUT2D eigenvalue weighted by molar-refractivity contribution is 0.109. The van der Waals surface area contributed by atoms with Gasteiger partial charge in [-0.25, -0.2) is 15.0 Å². The molecule has 1 aliphatic heterocycles. The van der Waals surface area contributed by atoms with Crippen molar-refractivity contribution in [3.63, 3.8) is 0 Å². The Morgan fingerprint density at radius 2 is 2.09 bits per heavy atom. The Kier molecular flexibility index (Phi) is 4.58. The molecule has 6 heteroatoms. The van der Waals surface area contributed by atoms with Gasteiger partial charge in [-0.15, -0.1) is 0 Å². The maximum absolute atomic E-state index is 4.69. The number of anilines is 2. The van der Waals surface area contributed by atoms with Crippen molar-refractivity contribution in [3.8, 4) is 0 Å². The Bertz CT molecular complexity index is 601. The molecule has 0 saturated carbocycles. The molecule has 0 aromatic carbocycles. The van der Waals surface area contributed by atoms with Crippen molar-refractivity contribution in [2.24, 2.45) is 0 Å². The lowest BCUT2D eigenvalue weighted by Crippen LogP contribution is -2.38. The fourth-order valence-electron chi connectivity index (χ4n) is 2.99. The highest BCUT2D eigenvalue weighted by Crippen LogP contribution is 2.31. The fourth-order valence-corrected chi connectivity index (χ4v) is 2.99. The lowest BCUT2D eigenvalue weighted by atomic mass is 9.97. The van der Waals surface area contributed by atoms with Crippen LogP contribution in [0, 0.1) is 0 Å². The van der Waals surface area contributed by atoms with E-state index in [1.807, 2.05) is 12.3 Å². The zero-order valence-electron chi connectivity index (χ0n) is 13.1. The normalized spacial score (nSPS) is 19.3. The Hall–Kier alpha value is -2.08. The number of hydrogen-bond donors (Lipinski definition) is 1. The summed E-state index contributed by atoms with van der Waals surface area (Å²) in [6, 6.07) is 2.92. The van der Waals surface area contributed by atoms with E-state index in [0.717, 1.165) is 18.7 Å². The summed E-state index contributed by atoms with van der Waals surface area (Å²) in [7, 11) is 0. The van der Waals surface area contributed by atoms with Gasteiger partial charge in [0.2, 0.25) is 5.95 Å². The van der Waals surface area contributed by atoms with Gasteiger partial charge >= 0.3 is 0 Å². The van der Waals surface area contributed by atoms with Crippen LogP contribution in [-0.2, 0) is 0 Å². The van der Waals surface area contributed by atoms with Crippen LogP contribution in [0.25, 0.3) is 0 Å². The second kappa shape index (κ2) is 6.79. The molecule has 0 aliphatic carbocycles. The quantitative estimate of drug-likeness (QED) is 0.936. The number of rotatable bonds is 4. The van der Waals surface area contributed by atoms with Crippen molar-refractivity contribution >= 4 is 11.8 Å². The summed E-state index contributed by atoms with van der Waals surface area (Å²) in [4.78, 5) is 19.7. The van der Waals surface area contributed by atoms with Crippen LogP contribution in [0.2, 0.25) is 0 Å². The monoisotopic (exact) mass is 298 g/mol. The summed E-state index contributed by atoms with van der Waals surface area (Å²) in [6.45, 7) is 5.63. The van der Waals surface area contributed by atoms with Gasteiger partial charge in [0, 0.05) is 24.6 Å². The van der Waals surface area contributed by atoms with Gasteiger partial charge in [-0.2, -0.15) is 0 Å². The Morgan fingerprint density at radius 1 is 1.18 bits per heavy atom. The summed E-state index contributed by atoms with van der Waals surface area (Å²) in [5.74, 6) is 1.23. The summed E-state index contributed by atoms with van der Waals surface area (Å²) < 4.78 is 0. The van der Waals surface area contributed by atoms with E-state index in [9.17, 15) is 0 Å². The third-order valence-corrected chi connectivity index (χ3v) is 4.03. The van der Waals surface area contributed by atoms with Crippen LogP contribution in [0.4, 0.5) is 11.8 Å². The van der Waals surface area contributed by atoms with Crippen LogP contribution in [-0.4, -0.2) is 37.4 Å². The average Bonchev–Trinajstić information content (AvgIpc) is 2.56. The Balaban J connectivity index is 1.81.